The second-order valence-electron chi connectivity index (χ2n) is 6.88. The number of hydrogen-bond acceptors (Lipinski definition) is 3. The van der Waals surface area contributed by atoms with Crippen LogP contribution in [0.25, 0.3) is 0 Å². The first-order valence-electron chi connectivity index (χ1n) is 8.01. The van der Waals surface area contributed by atoms with E-state index in [9.17, 15) is 9.90 Å². The maximum Gasteiger partial charge on any atom is 0.329 e. The number of benzene rings is 1. The highest BCUT2D eigenvalue weighted by atomic mass is 16.4. The highest BCUT2D eigenvalue weighted by Crippen LogP contribution is 2.41. The maximum atomic E-state index is 11.4. The molecule has 0 saturated heterocycles. The molecule has 4 rings (SSSR count). The highest BCUT2D eigenvalue weighted by Gasteiger charge is 2.50. The van der Waals surface area contributed by atoms with Crippen molar-refractivity contribution in [1.29, 1.82) is 0 Å². The van der Waals surface area contributed by atoms with Gasteiger partial charge in [-0.05, 0) is 55.2 Å². The van der Waals surface area contributed by atoms with Gasteiger partial charge in [0.2, 0.25) is 0 Å². The molecule has 1 aliphatic heterocycles. The van der Waals surface area contributed by atoms with Crippen molar-refractivity contribution in [3.63, 3.8) is 0 Å². The van der Waals surface area contributed by atoms with Gasteiger partial charge < -0.3 is 10.4 Å². The van der Waals surface area contributed by atoms with E-state index in [-0.39, 0.29) is 0 Å². The minimum atomic E-state index is -0.716. The van der Waals surface area contributed by atoms with Crippen LogP contribution in [0, 0.1) is 5.92 Å². The fourth-order valence-electron chi connectivity index (χ4n) is 3.38. The van der Waals surface area contributed by atoms with Gasteiger partial charge >= 0.3 is 5.97 Å². The molecule has 0 unspecified atom stereocenters. The molecule has 0 amide bonds. The average Bonchev–Trinajstić information content (AvgIpc) is 3.35. The lowest BCUT2D eigenvalue weighted by Gasteiger charge is -2.31. The smallest absolute Gasteiger partial charge is 0.329 e. The minimum absolute atomic E-state index is 0.694. The Balaban J connectivity index is 1.53. The molecule has 3 aliphatic rings. The van der Waals surface area contributed by atoms with Gasteiger partial charge in [-0.15, -0.1) is 0 Å². The number of nitrogens with one attached hydrogen (secondary N) is 1. The Hall–Kier alpha value is -1.55. The zero-order valence-corrected chi connectivity index (χ0v) is 12.3. The second kappa shape index (κ2) is 4.73. The summed E-state index contributed by atoms with van der Waals surface area (Å²) < 4.78 is 0. The number of carboxylic acid groups (broad SMARTS) is 1. The third kappa shape index (κ3) is 2.53. The van der Waals surface area contributed by atoms with Crippen LogP contribution in [0.15, 0.2) is 18.2 Å². The highest BCUT2D eigenvalue weighted by molar-refractivity contribution is 5.86. The first kappa shape index (κ1) is 13.1. The third-order valence-corrected chi connectivity index (χ3v) is 5.09. The topological polar surface area (TPSA) is 52.6 Å². The SMILES string of the molecule is O=C(O)C1(Nc2cccc3c2CCN(CC2CC2)C3)CC1. The molecule has 0 spiro atoms. The van der Waals surface area contributed by atoms with Gasteiger partial charge in [-0.1, -0.05) is 12.1 Å². The normalized spacial score (nSPS) is 23.4. The molecule has 4 nitrogen and oxygen atoms in total. The van der Waals surface area contributed by atoms with Crippen LogP contribution in [0.4, 0.5) is 5.69 Å². The van der Waals surface area contributed by atoms with Crippen molar-refractivity contribution in [2.24, 2.45) is 5.92 Å². The van der Waals surface area contributed by atoms with Gasteiger partial charge in [0.25, 0.3) is 0 Å². The fourth-order valence-corrected chi connectivity index (χ4v) is 3.38. The molecule has 2 saturated carbocycles. The summed E-state index contributed by atoms with van der Waals surface area (Å²) in [6.45, 7) is 3.35. The van der Waals surface area contributed by atoms with E-state index in [4.69, 9.17) is 0 Å². The Morgan fingerprint density at radius 1 is 1.38 bits per heavy atom. The van der Waals surface area contributed by atoms with Crippen LogP contribution in [0.1, 0.15) is 36.8 Å². The molecule has 2 fully saturated rings. The fraction of sp³-hybridized carbons (Fsp3) is 0.588. The molecular weight excluding hydrogens is 264 g/mol. The quantitative estimate of drug-likeness (QED) is 0.873. The maximum absolute atomic E-state index is 11.4. The van der Waals surface area contributed by atoms with Crippen LogP contribution in [-0.4, -0.2) is 34.6 Å². The van der Waals surface area contributed by atoms with E-state index < -0.39 is 11.5 Å². The molecular formula is C17H22N2O2. The molecule has 1 aromatic carbocycles. The first-order valence-corrected chi connectivity index (χ1v) is 8.01. The van der Waals surface area contributed by atoms with Crippen LogP contribution in [0.3, 0.4) is 0 Å². The monoisotopic (exact) mass is 286 g/mol. The van der Waals surface area contributed by atoms with Crippen LogP contribution in [0.2, 0.25) is 0 Å². The van der Waals surface area contributed by atoms with Crippen molar-refractivity contribution in [3.8, 4) is 0 Å². The number of nitrogens with zero attached hydrogens (tertiary/aromatic N) is 1. The lowest BCUT2D eigenvalue weighted by molar-refractivity contribution is -0.138. The summed E-state index contributed by atoms with van der Waals surface area (Å²) in [5.41, 5.74) is 3.05. The summed E-state index contributed by atoms with van der Waals surface area (Å²) >= 11 is 0. The lowest BCUT2D eigenvalue weighted by atomic mass is 9.97. The molecule has 0 atom stereocenters. The lowest BCUT2D eigenvalue weighted by Crippen LogP contribution is -2.35. The average molecular weight is 286 g/mol. The summed E-state index contributed by atoms with van der Waals surface area (Å²) in [6, 6.07) is 6.29. The zero-order valence-electron chi connectivity index (χ0n) is 12.3. The van der Waals surface area contributed by atoms with Crippen molar-refractivity contribution < 1.29 is 9.90 Å². The van der Waals surface area contributed by atoms with Gasteiger partial charge in [0.05, 0.1) is 0 Å². The van der Waals surface area contributed by atoms with Gasteiger partial charge in [-0.2, -0.15) is 0 Å². The van der Waals surface area contributed by atoms with E-state index in [0.29, 0.717) is 0 Å². The Labute approximate surface area is 125 Å². The molecule has 1 aromatic rings. The minimum Gasteiger partial charge on any atom is -0.480 e. The number of fused-ring (bicyclic) bond motifs is 1. The Bertz CT molecular complexity index is 576. The van der Waals surface area contributed by atoms with Crippen LogP contribution >= 0.6 is 0 Å². The van der Waals surface area contributed by atoms with Gasteiger partial charge in [0.1, 0.15) is 5.54 Å². The van der Waals surface area contributed by atoms with E-state index >= 15 is 0 Å². The standard InChI is InChI=1S/C17H22N2O2/c20-16(21)17(7-8-17)18-15-3-1-2-13-11-19(9-6-14(13)15)10-12-4-5-12/h1-3,12,18H,4-11H2,(H,20,21). The molecule has 0 aromatic heterocycles. The van der Waals surface area contributed by atoms with E-state index in [1.165, 1.54) is 30.5 Å². The molecule has 112 valence electrons. The molecule has 2 N–H and O–H groups in total. The van der Waals surface area contributed by atoms with E-state index in [2.05, 4.69) is 22.3 Å². The molecule has 4 heteroatoms. The Morgan fingerprint density at radius 2 is 2.19 bits per heavy atom. The summed E-state index contributed by atoms with van der Waals surface area (Å²) in [6.07, 6.45) is 5.29. The Kier molecular flexibility index (Phi) is 2.96. The number of anilines is 1. The van der Waals surface area contributed by atoms with Crippen molar-refractivity contribution in [1.82, 2.24) is 4.90 Å². The van der Waals surface area contributed by atoms with Gasteiger partial charge in [0, 0.05) is 25.3 Å². The summed E-state index contributed by atoms with van der Waals surface area (Å²) in [7, 11) is 0. The van der Waals surface area contributed by atoms with E-state index in [1.807, 2.05) is 6.07 Å². The van der Waals surface area contributed by atoms with E-state index in [0.717, 1.165) is 44.0 Å². The van der Waals surface area contributed by atoms with Crippen molar-refractivity contribution in [3.05, 3.63) is 29.3 Å². The van der Waals surface area contributed by atoms with Gasteiger partial charge in [-0.3, -0.25) is 4.90 Å². The van der Waals surface area contributed by atoms with Crippen molar-refractivity contribution in [2.45, 2.75) is 44.2 Å². The van der Waals surface area contributed by atoms with Crippen LogP contribution in [-0.2, 0) is 17.8 Å². The summed E-state index contributed by atoms with van der Waals surface area (Å²) in [4.78, 5) is 13.9. The largest absolute Gasteiger partial charge is 0.480 e. The Morgan fingerprint density at radius 3 is 2.86 bits per heavy atom. The van der Waals surface area contributed by atoms with Gasteiger partial charge in [0.15, 0.2) is 0 Å². The first-order chi connectivity index (χ1) is 10.2. The number of hydrogen-bond donors (Lipinski definition) is 2. The molecule has 1 heterocycles. The number of carbonyl (C=O) groups is 1. The predicted octanol–water partition coefficient (Wildman–Crippen LogP) is 2.48. The zero-order chi connectivity index (χ0) is 14.4. The molecule has 0 radical (unpaired) electrons. The van der Waals surface area contributed by atoms with E-state index in [1.54, 1.807) is 0 Å². The summed E-state index contributed by atoms with van der Waals surface area (Å²) in [5.74, 6) is 0.209. The third-order valence-electron chi connectivity index (χ3n) is 5.09. The van der Waals surface area contributed by atoms with Gasteiger partial charge in [-0.25, -0.2) is 4.79 Å². The number of carboxylic acids is 1. The summed E-state index contributed by atoms with van der Waals surface area (Å²) in [5, 5.41) is 12.7. The second-order valence-corrected chi connectivity index (χ2v) is 6.88. The number of rotatable bonds is 5. The number of aliphatic carboxylic acids is 1. The van der Waals surface area contributed by atoms with Crippen LogP contribution < -0.4 is 5.32 Å². The predicted molar refractivity (Wildman–Crippen MR) is 81.4 cm³/mol. The van der Waals surface area contributed by atoms with Crippen molar-refractivity contribution >= 4 is 11.7 Å². The molecule has 2 aliphatic carbocycles. The van der Waals surface area contributed by atoms with Crippen LogP contribution in [0.5, 0.6) is 0 Å². The van der Waals surface area contributed by atoms with Crippen molar-refractivity contribution in [2.75, 3.05) is 18.4 Å². The molecule has 21 heavy (non-hydrogen) atoms. The molecule has 0 bridgehead atoms.